The number of esters is 1. The number of nitrogens with two attached hydrogens (primary N) is 1. The molecule has 0 aromatic carbocycles. The van der Waals surface area contributed by atoms with Crippen LogP contribution in [0.2, 0.25) is 0 Å². The van der Waals surface area contributed by atoms with Gasteiger partial charge in [-0.2, -0.15) is 0 Å². The minimum absolute atomic E-state index is 0.00930. The molecule has 2 unspecified atom stereocenters. The third-order valence-electron chi connectivity index (χ3n) is 3.54. The van der Waals surface area contributed by atoms with Crippen LogP contribution in [-0.2, 0) is 14.6 Å². The molecule has 2 rings (SSSR count). The summed E-state index contributed by atoms with van der Waals surface area (Å²) in [5.41, 5.74) is 5.82. The van der Waals surface area contributed by atoms with Gasteiger partial charge in [0.05, 0.1) is 12.8 Å². The average Bonchev–Trinajstić information content (AvgIpc) is 3.01. The molecule has 0 aliphatic heterocycles. The quantitative estimate of drug-likeness (QED) is 0.774. The van der Waals surface area contributed by atoms with Crippen molar-refractivity contribution in [3.63, 3.8) is 0 Å². The molecule has 21 heavy (non-hydrogen) atoms. The number of nitrogens with one attached hydrogen (secondary N) is 1. The fraction of sp³-hybridized carbons (Fsp3) is 0.615. The molecule has 1 aromatic heterocycles. The highest BCUT2D eigenvalue weighted by molar-refractivity contribution is 7.91. The second-order valence-electron chi connectivity index (χ2n) is 5.30. The van der Waals surface area contributed by atoms with E-state index in [9.17, 15) is 13.2 Å². The Kier molecular flexibility index (Phi) is 4.48. The maximum Gasteiger partial charge on any atom is 0.350 e. The lowest BCUT2D eigenvalue weighted by Gasteiger charge is -2.06. The van der Waals surface area contributed by atoms with Crippen LogP contribution < -0.4 is 11.1 Å². The molecular weight excluding hydrogens is 312 g/mol. The van der Waals surface area contributed by atoms with Gasteiger partial charge in [0.2, 0.25) is 0 Å². The van der Waals surface area contributed by atoms with Crippen molar-refractivity contribution in [1.29, 1.82) is 0 Å². The fourth-order valence-corrected chi connectivity index (χ4v) is 4.96. The van der Waals surface area contributed by atoms with E-state index in [1.807, 2.05) is 0 Å². The van der Waals surface area contributed by atoms with E-state index in [1.165, 1.54) is 7.11 Å². The Balaban J connectivity index is 2.34. The largest absolute Gasteiger partial charge is 0.465 e. The van der Waals surface area contributed by atoms with Gasteiger partial charge in [-0.15, -0.1) is 11.3 Å². The molecule has 1 fully saturated rings. The normalized spacial score (nSPS) is 21.1. The molecule has 0 spiro atoms. The number of hydrogen-bond acceptors (Lipinski definition) is 7. The van der Waals surface area contributed by atoms with Gasteiger partial charge in [-0.25, -0.2) is 13.2 Å². The van der Waals surface area contributed by atoms with Crippen molar-refractivity contribution in [3.05, 3.63) is 4.88 Å². The van der Waals surface area contributed by atoms with Crippen molar-refractivity contribution >= 4 is 37.8 Å². The second kappa shape index (κ2) is 5.84. The van der Waals surface area contributed by atoms with Crippen molar-refractivity contribution < 1.29 is 17.9 Å². The van der Waals surface area contributed by atoms with Crippen LogP contribution >= 0.6 is 11.3 Å². The van der Waals surface area contributed by atoms with Crippen LogP contribution in [-0.4, -0.2) is 33.8 Å². The van der Waals surface area contributed by atoms with Crippen molar-refractivity contribution in [2.24, 2.45) is 5.92 Å². The predicted molar refractivity (Wildman–Crippen MR) is 83.6 cm³/mol. The lowest BCUT2D eigenvalue weighted by Crippen LogP contribution is -2.09. The van der Waals surface area contributed by atoms with Crippen molar-refractivity contribution in [1.82, 2.24) is 0 Å². The maximum absolute atomic E-state index is 11.9. The van der Waals surface area contributed by atoms with E-state index in [0.717, 1.165) is 36.9 Å². The first-order valence-corrected chi connectivity index (χ1v) is 9.47. The van der Waals surface area contributed by atoms with Gasteiger partial charge in [0.15, 0.2) is 9.84 Å². The lowest BCUT2D eigenvalue weighted by atomic mass is 10.2. The zero-order chi connectivity index (χ0) is 15.8. The van der Waals surface area contributed by atoms with E-state index >= 15 is 0 Å². The van der Waals surface area contributed by atoms with Crippen molar-refractivity contribution in [2.75, 3.05) is 24.4 Å². The highest BCUT2D eigenvalue weighted by Crippen LogP contribution is 2.44. The van der Waals surface area contributed by atoms with E-state index in [0.29, 0.717) is 10.9 Å². The number of hydrogen-bond donors (Lipinski definition) is 2. The van der Waals surface area contributed by atoms with Gasteiger partial charge >= 0.3 is 5.97 Å². The van der Waals surface area contributed by atoms with Crippen LogP contribution in [0.15, 0.2) is 4.90 Å². The zero-order valence-electron chi connectivity index (χ0n) is 12.3. The third-order valence-corrected chi connectivity index (χ3v) is 5.95. The first kappa shape index (κ1) is 16.1. The first-order chi connectivity index (χ1) is 9.79. The first-order valence-electron chi connectivity index (χ1n) is 6.76. The van der Waals surface area contributed by atoms with Gasteiger partial charge in [0.1, 0.15) is 14.8 Å². The number of thiophene rings is 1. The predicted octanol–water partition coefficient (Wildman–Crippen LogP) is 2.12. The third kappa shape index (κ3) is 3.32. The van der Waals surface area contributed by atoms with Crippen LogP contribution in [0.25, 0.3) is 0 Å². The number of carbonyl (C=O) groups excluding carboxylic acids is 1. The number of anilines is 2. The van der Waals surface area contributed by atoms with Gasteiger partial charge in [-0.05, 0) is 18.8 Å². The number of ether oxygens (including phenoxy) is 1. The molecular formula is C13H20N2O4S2. The summed E-state index contributed by atoms with van der Waals surface area (Å²) < 4.78 is 28.5. The summed E-state index contributed by atoms with van der Waals surface area (Å²) in [6, 6.07) is 0.258. The molecule has 1 saturated carbocycles. The highest BCUT2D eigenvalue weighted by Gasteiger charge is 2.38. The average molecular weight is 332 g/mol. The van der Waals surface area contributed by atoms with Crippen LogP contribution in [0.5, 0.6) is 0 Å². The Hall–Kier alpha value is -1.28. The molecule has 0 amide bonds. The molecule has 1 aliphatic carbocycles. The Morgan fingerprint density at radius 1 is 1.52 bits per heavy atom. The fourth-order valence-electron chi connectivity index (χ4n) is 2.42. The number of sulfone groups is 1. The molecule has 1 aromatic rings. The number of methoxy groups -OCH3 is 1. The Labute approximate surface area is 128 Å². The van der Waals surface area contributed by atoms with Crippen LogP contribution in [0.4, 0.5) is 10.7 Å². The molecule has 3 N–H and O–H groups in total. The minimum Gasteiger partial charge on any atom is -0.465 e. The molecule has 1 heterocycles. The molecule has 0 radical (unpaired) electrons. The van der Waals surface area contributed by atoms with Crippen molar-refractivity contribution in [2.45, 2.75) is 37.1 Å². The van der Waals surface area contributed by atoms with Gasteiger partial charge < -0.3 is 15.8 Å². The Morgan fingerprint density at radius 2 is 2.19 bits per heavy atom. The lowest BCUT2D eigenvalue weighted by molar-refractivity contribution is 0.0607. The summed E-state index contributed by atoms with van der Waals surface area (Å²) in [6.07, 6.45) is 4.31. The summed E-state index contributed by atoms with van der Waals surface area (Å²) in [5, 5.41) is 3.66. The molecule has 118 valence electrons. The van der Waals surface area contributed by atoms with Gasteiger partial charge in [0, 0.05) is 12.3 Å². The van der Waals surface area contributed by atoms with E-state index in [4.69, 9.17) is 5.73 Å². The van der Waals surface area contributed by atoms with E-state index in [2.05, 4.69) is 17.0 Å². The minimum atomic E-state index is -3.52. The molecule has 8 heteroatoms. The summed E-state index contributed by atoms with van der Waals surface area (Å²) >= 11 is 1.04. The number of rotatable bonds is 6. The second-order valence-corrected chi connectivity index (χ2v) is 8.28. The van der Waals surface area contributed by atoms with Crippen LogP contribution in [0.1, 0.15) is 35.9 Å². The topological polar surface area (TPSA) is 98.5 Å². The molecule has 6 nitrogen and oxygen atoms in total. The summed E-state index contributed by atoms with van der Waals surface area (Å²) in [6.45, 7) is 2.12. The zero-order valence-corrected chi connectivity index (χ0v) is 13.9. The van der Waals surface area contributed by atoms with Gasteiger partial charge in [-0.3, -0.25) is 0 Å². The van der Waals surface area contributed by atoms with Crippen LogP contribution in [0.3, 0.4) is 0 Å². The summed E-state index contributed by atoms with van der Waals surface area (Å²) in [5.74, 6) is -0.0522. The van der Waals surface area contributed by atoms with E-state index in [-0.39, 0.29) is 21.5 Å². The monoisotopic (exact) mass is 332 g/mol. The van der Waals surface area contributed by atoms with E-state index in [1.54, 1.807) is 0 Å². The van der Waals surface area contributed by atoms with Crippen molar-refractivity contribution in [3.8, 4) is 0 Å². The summed E-state index contributed by atoms with van der Waals surface area (Å²) in [4.78, 5) is 11.8. The maximum atomic E-state index is 11.9. The SMILES string of the molecule is CCCC1CC1Nc1sc(C(=O)OC)c(N)c1S(C)(=O)=O. The molecule has 0 bridgehead atoms. The number of carbonyl (C=O) groups is 1. The Bertz CT molecular complexity index is 651. The van der Waals surface area contributed by atoms with E-state index < -0.39 is 15.8 Å². The summed E-state index contributed by atoms with van der Waals surface area (Å²) in [7, 11) is -2.27. The van der Waals surface area contributed by atoms with Gasteiger partial charge in [-0.1, -0.05) is 13.3 Å². The molecule has 1 aliphatic rings. The molecule has 2 atom stereocenters. The Morgan fingerprint density at radius 3 is 2.71 bits per heavy atom. The van der Waals surface area contributed by atoms with Gasteiger partial charge in [0.25, 0.3) is 0 Å². The molecule has 0 saturated heterocycles. The standard InChI is InChI=1S/C13H20N2O4S2/c1-4-5-7-6-8(7)15-12-11(21(3,17)18)9(14)10(20-12)13(16)19-2/h7-8,15H,4-6,14H2,1-3H3. The number of nitrogen functional groups attached to an aromatic ring is 1. The smallest absolute Gasteiger partial charge is 0.350 e. The highest BCUT2D eigenvalue weighted by atomic mass is 32.2. The van der Waals surface area contributed by atoms with Crippen LogP contribution in [0, 0.1) is 5.92 Å².